The predicted octanol–water partition coefficient (Wildman–Crippen LogP) is 14.3. The van der Waals surface area contributed by atoms with Crippen LogP contribution in [-0.4, -0.2) is 44.8 Å². The van der Waals surface area contributed by atoms with Crippen LogP contribution in [0.1, 0.15) is 226 Å². The third-order valence-electron chi connectivity index (χ3n) is 9.41. The molecule has 0 aliphatic heterocycles. The second-order valence-electron chi connectivity index (χ2n) is 25.9. The van der Waals surface area contributed by atoms with Gasteiger partial charge in [-0.2, -0.15) is 0 Å². The van der Waals surface area contributed by atoms with Gasteiger partial charge in [-0.05, 0) is 86.8 Å². The fourth-order valence-corrected chi connectivity index (χ4v) is 4.24. The quantitative estimate of drug-likeness (QED) is 0.218. The SMILES string of the molecule is CC(C)(C)C(O)C(O)C(C)(C)C.CC(C)(C)CC(O)C(C)(C)C.CC(C)(C)CC(O)C(C)(C)C.CC(C)(C)CCC(C)(C)C.CC(C)C(C)C(C)C. The fourth-order valence-electron chi connectivity index (χ4n) is 4.24. The molecule has 0 rings (SSSR count). The van der Waals surface area contributed by atoms with Gasteiger partial charge >= 0.3 is 0 Å². The normalized spacial score (nSPS) is 15.9. The van der Waals surface area contributed by atoms with Crippen LogP contribution in [0.15, 0.2) is 0 Å². The molecule has 0 spiro atoms. The van der Waals surface area contributed by atoms with Crippen LogP contribution in [0.2, 0.25) is 0 Å². The summed E-state index contributed by atoms with van der Waals surface area (Å²) in [7, 11) is 0. The summed E-state index contributed by atoms with van der Waals surface area (Å²) >= 11 is 0. The van der Waals surface area contributed by atoms with Gasteiger partial charge in [-0.25, -0.2) is 0 Å². The Morgan fingerprint density at radius 3 is 0.558 bits per heavy atom. The molecule has 4 heteroatoms. The van der Waals surface area contributed by atoms with Crippen LogP contribution in [-0.2, 0) is 0 Å². The molecule has 4 atom stereocenters. The van der Waals surface area contributed by atoms with Crippen LogP contribution >= 0.6 is 0 Å². The van der Waals surface area contributed by atoms with Gasteiger partial charge in [0.15, 0.2) is 0 Å². The molecule has 0 fully saturated rings. The van der Waals surface area contributed by atoms with Crippen molar-refractivity contribution in [3.8, 4) is 0 Å². The van der Waals surface area contributed by atoms with Crippen molar-refractivity contribution in [2.24, 2.45) is 61.1 Å². The van der Waals surface area contributed by atoms with Gasteiger partial charge in [0.2, 0.25) is 0 Å². The molecular formula is C48H106O4. The molecule has 4 nitrogen and oxygen atoms in total. The Morgan fingerprint density at radius 2 is 0.500 bits per heavy atom. The summed E-state index contributed by atoms with van der Waals surface area (Å²) in [6.07, 6.45) is 2.68. The lowest BCUT2D eigenvalue weighted by atomic mass is 9.76. The van der Waals surface area contributed by atoms with Gasteiger partial charge < -0.3 is 20.4 Å². The van der Waals surface area contributed by atoms with Crippen LogP contribution in [0.5, 0.6) is 0 Å². The first-order valence-electron chi connectivity index (χ1n) is 20.8. The molecule has 0 bridgehead atoms. The van der Waals surface area contributed by atoms with Crippen molar-refractivity contribution < 1.29 is 20.4 Å². The highest BCUT2D eigenvalue weighted by molar-refractivity contribution is 4.86. The highest BCUT2D eigenvalue weighted by Gasteiger charge is 2.36. The predicted molar refractivity (Wildman–Crippen MR) is 237 cm³/mol. The molecule has 4 N–H and O–H groups in total. The van der Waals surface area contributed by atoms with E-state index in [1.54, 1.807) is 0 Å². The lowest BCUT2D eigenvalue weighted by Gasteiger charge is -2.37. The molecule has 322 valence electrons. The van der Waals surface area contributed by atoms with Crippen LogP contribution in [0.4, 0.5) is 0 Å². The minimum absolute atomic E-state index is 0.0211. The van der Waals surface area contributed by atoms with Gasteiger partial charge in [-0.1, -0.05) is 201 Å². The largest absolute Gasteiger partial charge is 0.393 e. The van der Waals surface area contributed by atoms with Crippen molar-refractivity contribution in [3.63, 3.8) is 0 Å². The van der Waals surface area contributed by atoms with Crippen LogP contribution in [0.3, 0.4) is 0 Å². The average molecular weight is 747 g/mol. The van der Waals surface area contributed by atoms with Crippen molar-refractivity contribution in [2.75, 3.05) is 0 Å². The fraction of sp³-hybridized carbons (Fsp3) is 1.00. The maximum atomic E-state index is 9.74. The molecule has 0 saturated heterocycles. The van der Waals surface area contributed by atoms with Crippen molar-refractivity contribution >= 4 is 0 Å². The number of aliphatic hydroxyl groups excluding tert-OH is 4. The summed E-state index contributed by atoms with van der Waals surface area (Å²) < 4.78 is 0. The van der Waals surface area contributed by atoms with Gasteiger partial charge in [-0.15, -0.1) is 0 Å². The summed E-state index contributed by atoms with van der Waals surface area (Å²) in [4.78, 5) is 0. The van der Waals surface area contributed by atoms with E-state index >= 15 is 0 Å². The second kappa shape index (κ2) is 23.8. The Labute approximate surface area is 331 Å². The number of rotatable bonds is 6. The zero-order valence-corrected chi connectivity index (χ0v) is 41.7. The monoisotopic (exact) mass is 747 g/mol. The second-order valence-corrected chi connectivity index (χ2v) is 25.9. The maximum absolute atomic E-state index is 9.74. The van der Waals surface area contributed by atoms with E-state index in [1.165, 1.54) is 12.8 Å². The molecule has 0 aromatic carbocycles. The van der Waals surface area contributed by atoms with Crippen molar-refractivity contribution in [3.05, 3.63) is 0 Å². The maximum Gasteiger partial charge on any atom is 0.0852 e. The molecule has 0 amide bonds. The molecule has 0 heterocycles. The van der Waals surface area contributed by atoms with Gasteiger partial charge in [0.1, 0.15) is 0 Å². The van der Waals surface area contributed by atoms with Gasteiger partial charge in [-0.3, -0.25) is 0 Å². The molecular weight excluding hydrogens is 641 g/mol. The Hall–Kier alpha value is -0.160. The minimum Gasteiger partial charge on any atom is -0.393 e. The van der Waals surface area contributed by atoms with E-state index < -0.39 is 12.2 Å². The van der Waals surface area contributed by atoms with Crippen LogP contribution in [0, 0.1) is 61.1 Å². The molecule has 0 radical (unpaired) electrons. The van der Waals surface area contributed by atoms with Gasteiger partial charge in [0.25, 0.3) is 0 Å². The number of hydrogen-bond acceptors (Lipinski definition) is 4. The molecule has 52 heavy (non-hydrogen) atoms. The van der Waals surface area contributed by atoms with Gasteiger partial charge in [0, 0.05) is 0 Å². The van der Waals surface area contributed by atoms with E-state index in [4.69, 9.17) is 0 Å². The van der Waals surface area contributed by atoms with E-state index in [0.717, 1.165) is 30.6 Å². The first kappa shape index (κ1) is 61.1. The Balaban J connectivity index is -0.000000178. The summed E-state index contributed by atoms with van der Waals surface area (Å²) in [6.45, 7) is 62.2. The van der Waals surface area contributed by atoms with Crippen molar-refractivity contribution in [1.82, 2.24) is 0 Å². The zero-order valence-electron chi connectivity index (χ0n) is 41.7. The van der Waals surface area contributed by atoms with E-state index in [9.17, 15) is 20.4 Å². The number of hydrogen-bond donors (Lipinski definition) is 4. The average Bonchev–Trinajstić information content (AvgIpc) is 2.82. The molecule has 0 aliphatic carbocycles. The minimum atomic E-state index is -0.669. The molecule has 0 saturated carbocycles. The highest BCUT2D eigenvalue weighted by atomic mass is 16.3. The molecule has 4 unspecified atom stereocenters. The van der Waals surface area contributed by atoms with Crippen molar-refractivity contribution in [2.45, 2.75) is 251 Å². The van der Waals surface area contributed by atoms with Crippen molar-refractivity contribution in [1.29, 1.82) is 0 Å². The summed E-state index contributed by atoms with van der Waals surface area (Å²) in [6, 6.07) is 0. The third-order valence-corrected chi connectivity index (χ3v) is 9.41. The molecule has 0 aliphatic rings. The lowest BCUT2D eigenvalue weighted by Crippen LogP contribution is -2.44. The van der Waals surface area contributed by atoms with E-state index in [-0.39, 0.29) is 44.7 Å². The Morgan fingerprint density at radius 1 is 0.308 bits per heavy atom. The summed E-state index contributed by atoms with van der Waals surface area (Å²) in [5.41, 5.74) is 1.000. The van der Waals surface area contributed by atoms with Crippen LogP contribution < -0.4 is 0 Å². The van der Waals surface area contributed by atoms with E-state index in [0.29, 0.717) is 10.8 Å². The number of aliphatic hydroxyl groups is 4. The highest BCUT2D eigenvalue weighted by Crippen LogP contribution is 2.33. The topological polar surface area (TPSA) is 80.9 Å². The smallest absolute Gasteiger partial charge is 0.0852 e. The molecule has 0 aromatic heterocycles. The first-order chi connectivity index (χ1) is 22.1. The van der Waals surface area contributed by atoms with Crippen LogP contribution in [0.25, 0.3) is 0 Å². The standard InChI is InChI=1S/C10H22O2.2C10H22O.C10H22.C8H18/c1-9(2,3)7(11)8(12)10(4,5)6;2*1-9(2,3)7-8(11)10(4,5)6;1-9(2,3)7-8-10(4,5)6;1-6(2)8(5)7(3)4/h7-8,11-12H,1-6H3;2*8,11H,7H2,1-6H3;7-8H2,1-6H3;6-8H,1-5H3. The zero-order chi connectivity index (χ0) is 43.9. The molecule has 0 aromatic rings. The van der Waals surface area contributed by atoms with Gasteiger partial charge in [0.05, 0.1) is 24.4 Å². The lowest BCUT2D eigenvalue weighted by molar-refractivity contribution is -0.0908. The van der Waals surface area contributed by atoms with E-state index in [1.807, 2.05) is 41.5 Å². The first-order valence-corrected chi connectivity index (χ1v) is 20.8. The van der Waals surface area contributed by atoms with E-state index in [2.05, 4.69) is 159 Å². The third kappa shape index (κ3) is 42.6. The Bertz CT molecular complexity index is 772. The summed E-state index contributed by atoms with van der Waals surface area (Å²) in [5, 5.41) is 38.9. The Kier molecular flexibility index (Phi) is 28.0. The summed E-state index contributed by atoms with van der Waals surface area (Å²) in [5.74, 6) is 2.56.